The lowest BCUT2D eigenvalue weighted by molar-refractivity contribution is 0.377. The van der Waals surface area contributed by atoms with Gasteiger partial charge in [-0.2, -0.15) is 0 Å². The van der Waals surface area contributed by atoms with E-state index in [1.807, 2.05) is 0 Å². The number of hydrogen-bond donors (Lipinski definition) is 1. The normalized spacial score (nSPS) is 12.0. The van der Waals surface area contributed by atoms with Gasteiger partial charge in [0, 0.05) is 6.54 Å². The van der Waals surface area contributed by atoms with E-state index in [9.17, 15) is 0 Å². The molecule has 0 bridgehead atoms. The standard InChI is InChI=1S/C14H20N2S/c1-5-14(3,4)9-15-13-16-12-10(2)7-6-8-11(12)17-13/h6-8H,5,9H2,1-4H3,(H,15,16). The molecule has 0 saturated carbocycles. The van der Waals surface area contributed by atoms with Crippen LogP contribution in [0.4, 0.5) is 5.13 Å². The second-order valence-corrected chi connectivity index (χ2v) is 6.34. The van der Waals surface area contributed by atoms with Crippen LogP contribution in [0.1, 0.15) is 32.8 Å². The van der Waals surface area contributed by atoms with Crippen LogP contribution < -0.4 is 5.32 Å². The third-order valence-corrected chi connectivity index (χ3v) is 4.27. The lowest BCUT2D eigenvalue weighted by atomic mass is 9.90. The molecule has 3 heteroatoms. The summed E-state index contributed by atoms with van der Waals surface area (Å²) in [7, 11) is 0. The Morgan fingerprint density at radius 3 is 2.76 bits per heavy atom. The molecule has 1 N–H and O–H groups in total. The number of rotatable bonds is 4. The number of thiazole rings is 1. The summed E-state index contributed by atoms with van der Waals surface area (Å²) in [5.74, 6) is 0. The summed E-state index contributed by atoms with van der Waals surface area (Å²) >= 11 is 1.74. The van der Waals surface area contributed by atoms with E-state index in [1.165, 1.54) is 16.7 Å². The molecular formula is C14H20N2S. The van der Waals surface area contributed by atoms with E-state index in [4.69, 9.17) is 0 Å². The van der Waals surface area contributed by atoms with E-state index in [1.54, 1.807) is 11.3 Å². The van der Waals surface area contributed by atoms with Gasteiger partial charge < -0.3 is 5.32 Å². The van der Waals surface area contributed by atoms with E-state index < -0.39 is 0 Å². The molecule has 2 nitrogen and oxygen atoms in total. The Bertz CT molecular complexity index is 514. The molecule has 0 amide bonds. The Balaban J connectivity index is 2.18. The third-order valence-electron chi connectivity index (χ3n) is 3.30. The van der Waals surface area contributed by atoms with Gasteiger partial charge in [-0.3, -0.25) is 0 Å². The topological polar surface area (TPSA) is 24.9 Å². The summed E-state index contributed by atoms with van der Waals surface area (Å²) in [6, 6.07) is 6.34. The van der Waals surface area contributed by atoms with Gasteiger partial charge in [0.05, 0.1) is 10.2 Å². The number of aryl methyl sites for hydroxylation is 1. The second-order valence-electron chi connectivity index (χ2n) is 5.31. The van der Waals surface area contributed by atoms with Gasteiger partial charge in [0.25, 0.3) is 0 Å². The predicted octanol–water partition coefficient (Wildman–Crippen LogP) is 4.45. The van der Waals surface area contributed by atoms with Crippen molar-refractivity contribution in [1.29, 1.82) is 0 Å². The molecule has 0 aliphatic heterocycles. The highest BCUT2D eigenvalue weighted by atomic mass is 32.1. The molecule has 0 spiro atoms. The van der Waals surface area contributed by atoms with Crippen molar-refractivity contribution in [3.05, 3.63) is 23.8 Å². The van der Waals surface area contributed by atoms with Crippen LogP contribution in [0.5, 0.6) is 0 Å². The fraction of sp³-hybridized carbons (Fsp3) is 0.500. The number of nitrogens with one attached hydrogen (secondary N) is 1. The average Bonchev–Trinajstić information content (AvgIpc) is 2.71. The Morgan fingerprint density at radius 2 is 2.12 bits per heavy atom. The zero-order valence-corrected chi connectivity index (χ0v) is 11.8. The zero-order valence-electron chi connectivity index (χ0n) is 11.0. The van der Waals surface area contributed by atoms with Crippen LogP contribution in [-0.4, -0.2) is 11.5 Å². The molecule has 0 saturated heterocycles. The summed E-state index contributed by atoms with van der Waals surface area (Å²) in [6.45, 7) is 9.87. The molecule has 0 aliphatic carbocycles. The molecule has 0 unspecified atom stereocenters. The Kier molecular flexibility index (Phi) is 3.38. The molecule has 0 aliphatic rings. The molecule has 1 aromatic carbocycles. The van der Waals surface area contributed by atoms with Crippen LogP contribution >= 0.6 is 11.3 Å². The van der Waals surface area contributed by atoms with Gasteiger partial charge in [-0.25, -0.2) is 4.98 Å². The first kappa shape index (κ1) is 12.4. The van der Waals surface area contributed by atoms with Crippen molar-refractivity contribution in [1.82, 2.24) is 4.98 Å². The minimum absolute atomic E-state index is 0.326. The first-order chi connectivity index (χ1) is 8.02. The molecule has 17 heavy (non-hydrogen) atoms. The number of fused-ring (bicyclic) bond motifs is 1. The quantitative estimate of drug-likeness (QED) is 0.864. The van der Waals surface area contributed by atoms with Crippen LogP contribution in [-0.2, 0) is 0 Å². The maximum absolute atomic E-state index is 4.66. The van der Waals surface area contributed by atoms with Crippen molar-refractivity contribution in [3.63, 3.8) is 0 Å². The van der Waals surface area contributed by atoms with Crippen molar-refractivity contribution in [2.75, 3.05) is 11.9 Å². The molecule has 0 fully saturated rings. The van der Waals surface area contributed by atoms with Crippen LogP contribution in [0.25, 0.3) is 10.2 Å². The number of hydrogen-bond acceptors (Lipinski definition) is 3. The summed E-state index contributed by atoms with van der Waals surface area (Å²) in [5.41, 5.74) is 2.71. The van der Waals surface area contributed by atoms with Crippen LogP contribution in [0, 0.1) is 12.3 Å². The lowest BCUT2D eigenvalue weighted by Crippen LogP contribution is -2.21. The molecular weight excluding hydrogens is 228 g/mol. The van der Waals surface area contributed by atoms with Gasteiger partial charge in [0.15, 0.2) is 5.13 Å². The molecule has 0 radical (unpaired) electrons. The first-order valence-corrected chi connectivity index (χ1v) is 6.93. The minimum Gasteiger partial charge on any atom is -0.361 e. The molecule has 92 valence electrons. The summed E-state index contributed by atoms with van der Waals surface area (Å²) in [4.78, 5) is 4.66. The number of aromatic nitrogens is 1. The maximum atomic E-state index is 4.66. The monoisotopic (exact) mass is 248 g/mol. The number of nitrogens with zero attached hydrogens (tertiary/aromatic N) is 1. The number of anilines is 1. The van der Waals surface area contributed by atoms with Gasteiger partial charge in [-0.1, -0.05) is 44.2 Å². The average molecular weight is 248 g/mol. The largest absolute Gasteiger partial charge is 0.361 e. The van der Waals surface area contributed by atoms with E-state index in [-0.39, 0.29) is 0 Å². The van der Waals surface area contributed by atoms with Crippen molar-refractivity contribution >= 4 is 26.7 Å². The number of benzene rings is 1. The number of para-hydroxylation sites is 1. The summed E-state index contributed by atoms with van der Waals surface area (Å²) in [6.07, 6.45) is 1.17. The fourth-order valence-corrected chi connectivity index (χ4v) is 2.54. The molecule has 1 aromatic heterocycles. The van der Waals surface area contributed by atoms with Gasteiger partial charge in [-0.05, 0) is 30.4 Å². The van der Waals surface area contributed by atoms with E-state index >= 15 is 0 Å². The van der Waals surface area contributed by atoms with Gasteiger partial charge in [0.1, 0.15) is 0 Å². The van der Waals surface area contributed by atoms with Gasteiger partial charge in [-0.15, -0.1) is 0 Å². The van der Waals surface area contributed by atoms with Gasteiger partial charge in [0.2, 0.25) is 0 Å². The Labute approximate surface area is 107 Å². The molecule has 0 atom stereocenters. The summed E-state index contributed by atoms with van der Waals surface area (Å²) in [5, 5.41) is 4.50. The first-order valence-electron chi connectivity index (χ1n) is 6.12. The Morgan fingerprint density at radius 1 is 1.35 bits per heavy atom. The van der Waals surface area contributed by atoms with Crippen LogP contribution in [0.3, 0.4) is 0 Å². The summed E-state index contributed by atoms with van der Waals surface area (Å²) < 4.78 is 1.27. The lowest BCUT2D eigenvalue weighted by Gasteiger charge is -2.22. The van der Waals surface area contributed by atoms with Crippen molar-refractivity contribution in [2.24, 2.45) is 5.41 Å². The van der Waals surface area contributed by atoms with Crippen LogP contribution in [0.2, 0.25) is 0 Å². The molecule has 1 heterocycles. The van der Waals surface area contributed by atoms with Crippen molar-refractivity contribution in [2.45, 2.75) is 34.1 Å². The van der Waals surface area contributed by atoms with E-state index in [0.29, 0.717) is 5.41 Å². The van der Waals surface area contributed by atoms with Crippen molar-refractivity contribution in [3.8, 4) is 0 Å². The predicted molar refractivity (Wildman–Crippen MR) is 76.9 cm³/mol. The smallest absolute Gasteiger partial charge is 0.183 e. The minimum atomic E-state index is 0.326. The van der Waals surface area contributed by atoms with E-state index in [0.717, 1.165) is 17.2 Å². The van der Waals surface area contributed by atoms with Crippen LogP contribution in [0.15, 0.2) is 18.2 Å². The SMILES string of the molecule is CCC(C)(C)CNc1nc2c(C)cccc2s1. The molecule has 2 aromatic rings. The molecule has 2 rings (SSSR count). The third kappa shape index (κ3) is 2.78. The Hall–Kier alpha value is -1.09. The highest BCUT2D eigenvalue weighted by Gasteiger charge is 2.15. The maximum Gasteiger partial charge on any atom is 0.183 e. The fourth-order valence-electron chi connectivity index (χ4n) is 1.60. The highest BCUT2D eigenvalue weighted by molar-refractivity contribution is 7.22. The second kappa shape index (κ2) is 4.65. The highest BCUT2D eigenvalue weighted by Crippen LogP contribution is 2.29. The van der Waals surface area contributed by atoms with Gasteiger partial charge >= 0.3 is 0 Å². The zero-order chi connectivity index (χ0) is 12.5. The van der Waals surface area contributed by atoms with Crippen molar-refractivity contribution < 1.29 is 0 Å². The van der Waals surface area contributed by atoms with E-state index in [2.05, 4.69) is 56.2 Å².